The molecule has 0 fully saturated rings. The van der Waals surface area contributed by atoms with Crippen molar-refractivity contribution in [2.75, 3.05) is 0 Å². The Bertz CT molecular complexity index is 760. The fraction of sp³-hybridized carbons (Fsp3) is 0.417. The van der Waals surface area contributed by atoms with E-state index < -0.39 is 0 Å². The normalized spacial score (nSPS) is 19.6. The van der Waals surface area contributed by atoms with E-state index in [4.69, 9.17) is 11.6 Å². The second-order valence-corrected chi connectivity index (χ2v) is 6.33. The van der Waals surface area contributed by atoms with E-state index in [0.717, 1.165) is 34.6 Å². The molecule has 0 bridgehead atoms. The molecule has 0 unspecified atom stereocenters. The van der Waals surface area contributed by atoms with E-state index in [-0.39, 0.29) is 0 Å². The highest BCUT2D eigenvalue weighted by atomic mass is 35.5. The summed E-state index contributed by atoms with van der Waals surface area (Å²) in [5, 5.41) is 5.68. The second kappa shape index (κ2) is 3.65. The van der Waals surface area contributed by atoms with Crippen LogP contribution in [-0.2, 0) is 12.8 Å². The summed E-state index contributed by atoms with van der Waals surface area (Å²) in [7, 11) is 0. The van der Waals surface area contributed by atoms with Gasteiger partial charge in [-0.1, -0.05) is 6.92 Å². The highest BCUT2D eigenvalue weighted by Gasteiger charge is 2.23. The number of aryl methyl sites for hydroxylation is 1. The van der Waals surface area contributed by atoms with Crippen molar-refractivity contribution < 1.29 is 0 Å². The van der Waals surface area contributed by atoms with E-state index in [9.17, 15) is 0 Å². The third-order valence-corrected chi connectivity index (χ3v) is 5.06. The Morgan fingerprint density at radius 1 is 1.50 bits per heavy atom. The number of nitrogens with zero attached hydrogens (tertiary/aromatic N) is 4. The molecule has 1 aliphatic carbocycles. The van der Waals surface area contributed by atoms with Crippen molar-refractivity contribution in [3.05, 3.63) is 22.1 Å². The van der Waals surface area contributed by atoms with Gasteiger partial charge in [-0.15, -0.1) is 11.3 Å². The van der Waals surface area contributed by atoms with Crippen molar-refractivity contribution in [1.29, 1.82) is 0 Å². The molecule has 6 heteroatoms. The van der Waals surface area contributed by atoms with Crippen molar-refractivity contribution in [3.63, 3.8) is 0 Å². The molecular weight excluding hydrogens is 268 g/mol. The molecule has 0 aliphatic heterocycles. The van der Waals surface area contributed by atoms with Gasteiger partial charge in [-0.3, -0.25) is 0 Å². The largest absolute Gasteiger partial charge is 0.227 e. The Balaban J connectivity index is 2.16. The molecule has 1 atom stereocenters. The van der Waals surface area contributed by atoms with Crippen LogP contribution in [0, 0.1) is 5.92 Å². The Morgan fingerprint density at radius 3 is 3.28 bits per heavy atom. The maximum absolute atomic E-state index is 6.13. The van der Waals surface area contributed by atoms with Crippen molar-refractivity contribution in [1.82, 2.24) is 19.6 Å². The Hall–Kier alpha value is -1.20. The quantitative estimate of drug-likeness (QED) is 0.594. The van der Waals surface area contributed by atoms with Gasteiger partial charge < -0.3 is 0 Å². The topological polar surface area (TPSA) is 43.1 Å². The van der Waals surface area contributed by atoms with Gasteiger partial charge in [-0.05, 0) is 42.3 Å². The van der Waals surface area contributed by atoms with Gasteiger partial charge in [0.2, 0.25) is 5.28 Å². The van der Waals surface area contributed by atoms with Crippen molar-refractivity contribution in [3.8, 4) is 0 Å². The monoisotopic (exact) mass is 278 g/mol. The van der Waals surface area contributed by atoms with Crippen molar-refractivity contribution in [2.45, 2.75) is 26.2 Å². The van der Waals surface area contributed by atoms with Crippen LogP contribution in [0.3, 0.4) is 0 Å². The van der Waals surface area contributed by atoms with Crippen LogP contribution in [0.2, 0.25) is 5.28 Å². The number of hydrogen-bond acceptors (Lipinski definition) is 4. The third-order valence-electron chi connectivity index (χ3n) is 3.63. The van der Waals surface area contributed by atoms with Crippen LogP contribution < -0.4 is 0 Å². The molecule has 4 nitrogen and oxygen atoms in total. The van der Waals surface area contributed by atoms with E-state index in [1.165, 1.54) is 16.9 Å². The third kappa shape index (κ3) is 1.34. The standard InChI is InChI=1S/C12H11ClN4S/c1-6-2-3-8-7(4-6)9-10-14-5-15-17(10)12(13)16-11(9)18-8/h5-6H,2-4H2,1H3/t6-/m0/s1. The minimum atomic E-state index is 0.390. The first-order chi connectivity index (χ1) is 8.74. The summed E-state index contributed by atoms with van der Waals surface area (Å²) in [4.78, 5) is 11.2. The molecule has 92 valence electrons. The first-order valence-corrected chi connectivity index (χ1v) is 7.23. The van der Waals surface area contributed by atoms with Crippen molar-refractivity contribution >= 4 is 38.8 Å². The van der Waals surface area contributed by atoms with Crippen LogP contribution in [0.1, 0.15) is 23.8 Å². The fourth-order valence-electron chi connectivity index (χ4n) is 2.73. The Labute approximate surface area is 113 Å². The number of aromatic nitrogens is 4. The number of thiophene rings is 1. The molecule has 4 rings (SSSR count). The van der Waals surface area contributed by atoms with Gasteiger partial charge in [0, 0.05) is 4.88 Å². The van der Waals surface area contributed by atoms with Crippen LogP contribution in [-0.4, -0.2) is 19.6 Å². The molecular formula is C12H11ClN4S. The molecule has 0 radical (unpaired) electrons. The highest BCUT2D eigenvalue weighted by molar-refractivity contribution is 7.19. The lowest BCUT2D eigenvalue weighted by atomic mass is 9.89. The minimum Gasteiger partial charge on any atom is -0.214 e. The molecule has 0 saturated heterocycles. The van der Waals surface area contributed by atoms with Gasteiger partial charge in [0.05, 0.1) is 5.39 Å². The Morgan fingerprint density at radius 2 is 2.39 bits per heavy atom. The number of rotatable bonds is 0. The van der Waals surface area contributed by atoms with Crippen molar-refractivity contribution in [2.24, 2.45) is 5.92 Å². The molecule has 3 heterocycles. The fourth-order valence-corrected chi connectivity index (χ4v) is 4.20. The average molecular weight is 279 g/mol. The van der Waals surface area contributed by atoms with E-state index in [1.54, 1.807) is 22.2 Å². The lowest BCUT2D eigenvalue weighted by molar-refractivity contribution is 0.508. The number of fused-ring (bicyclic) bond motifs is 5. The summed E-state index contributed by atoms with van der Waals surface area (Å²) in [5.74, 6) is 0.731. The summed E-state index contributed by atoms with van der Waals surface area (Å²) >= 11 is 7.88. The van der Waals surface area contributed by atoms with Gasteiger partial charge in [0.1, 0.15) is 11.2 Å². The first-order valence-electron chi connectivity index (χ1n) is 6.03. The zero-order chi connectivity index (χ0) is 12.3. The molecule has 18 heavy (non-hydrogen) atoms. The van der Waals surface area contributed by atoms with Gasteiger partial charge in [-0.2, -0.15) is 9.61 Å². The van der Waals surface area contributed by atoms with Gasteiger partial charge in [-0.25, -0.2) is 9.97 Å². The molecule has 0 N–H and O–H groups in total. The van der Waals surface area contributed by atoms with E-state index >= 15 is 0 Å². The van der Waals surface area contributed by atoms with Crippen LogP contribution in [0.4, 0.5) is 0 Å². The van der Waals surface area contributed by atoms with Crippen LogP contribution in [0.15, 0.2) is 6.33 Å². The predicted octanol–water partition coefficient (Wildman–Crippen LogP) is 3.12. The summed E-state index contributed by atoms with van der Waals surface area (Å²) in [6, 6.07) is 0. The van der Waals surface area contributed by atoms with Gasteiger partial charge >= 0.3 is 0 Å². The Kier molecular flexibility index (Phi) is 2.17. The first kappa shape index (κ1) is 10.7. The smallest absolute Gasteiger partial charge is 0.214 e. The van der Waals surface area contributed by atoms with E-state index in [2.05, 4.69) is 22.0 Å². The summed E-state index contributed by atoms with van der Waals surface area (Å²) in [6.07, 6.45) is 5.06. The molecule has 0 saturated carbocycles. The maximum Gasteiger partial charge on any atom is 0.227 e. The minimum absolute atomic E-state index is 0.390. The van der Waals surface area contributed by atoms with Gasteiger partial charge in [0.25, 0.3) is 0 Å². The molecule has 0 spiro atoms. The molecule has 1 aliphatic rings. The van der Waals surface area contributed by atoms with Gasteiger partial charge in [0.15, 0.2) is 5.65 Å². The molecule has 3 aromatic rings. The van der Waals surface area contributed by atoms with Crippen LogP contribution in [0.25, 0.3) is 15.9 Å². The van der Waals surface area contributed by atoms with Crippen LogP contribution >= 0.6 is 22.9 Å². The molecule has 0 amide bonds. The van der Waals surface area contributed by atoms with E-state index in [1.807, 2.05) is 0 Å². The zero-order valence-corrected chi connectivity index (χ0v) is 11.4. The summed E-state index contributed by atoms with van der Waals surface area (Å²) in [6.45, 7) is 2.30. The summed E-state index contributed by atoms with van der Waals surface area (Å²) in [5.41, 5.74) is 2.26. The average Bonchev–Trinajstić information content (AvgIpc) is 2.92. The van der Waals surface area contributed by atoms with E-state index in [0.29, 0.717) is 5.28 Å². The second-order valence-electron chi connectivity index (χ2n) is 4.91. The lowest BCUT2D eigenvalue weighted by Crippen LogP contribution is -2.09. The highest BCUT2D eigenvalue weighted by Crippen LogP contribution is 2.39. The number of halogens is 1. The SMILES string of the molecule is C[C@H]1CCc2sc3nc(Cl)n4ncnc4c3c2C1. The molecule has 3 aromatic heterocycles. The summed E-state index contributed by atoms with van der Waals surface area (Å²) < 4.78 is 1.62. The number of hydrogen-bond donors (Lipinski definition) is 0. The lowest BCUT2D eigenvalue weighted by Gasteiger charge is -2.17. The zero-order valence-electron chi connectivity index (χ0n) is 9.85. The maximum atomic E-state index is 6.13. The predicted molar refractivity (Wildman–Crippen MR) is 72.4 cm³/mol. The molecule has 0 aromatic carbocycles. The van der Waals surface area contributed by atoms with Crippen LogP contribution in [0.5, 0.6) is 0 Å².